The molecule has 4 aromatic rings. The van der Waals surface area contributed by atoms with Crippen LogP contribution in [0.2, 0.25) is 0 Å². The summed E-state index contributed by atoms with van der Waals surface area (Å²) in [6.07, 6.45) is 4.28. The third-order valence-corrected chi connectivity index (χ3v) is 11.0. The third-order valence-electron chi connectivity index (χ3n) is 11.0. The maximum Gasteiger partial charge on any atom is 0.319 e. The van der Waals surface area contributed by atoms with Gasteiger partial charge in [0.05, 0.1) is 17.0 Å². The van der Waals surface area contributed by atoms with Gasteiger partial charge in [0.15, 0.2) is 5.82 Å². The van der Waals surface area contributed by atoms with E-state index in [4.69, 9.17) is 19.4 Å². The van der Waals surface area contributed by atoms with Crippen LogP contribution in [-0.2, 0) is 6.42 Å². The monoisotopic (exact) mass is 613 g/mol. The largest absolute Gasteiger partial charge is 0.508 e. The van der Waals surface area contributed by atoms with Crippen LogP contribution in [0.5, 0.6) is 17.5 Å². The average molecular weight is 614 g/mol. The predicted molar refractivity (Wildman–Crippen MR) is 169 cm³/mol. The van der Waals surface area contributed by atoms with E-state index in [9.17, 15) is 9.50 Å². The van der Waals surface area contributed by atoms with Crippen LogP contribution in [-0.4, -0.2) is 82.7 Å². The van der Waals surface area contributed by atoms with E-state index in [0.29, 0.717) is 53.7 Å². The molecule has 5 aliphatic rings. The molecule has 8 nitrogen and oxygen atoms in total. The molecule has 0 aliphatic carbocycles. The lowest BCUT2D eigenvalue weighted by atomic mass is 9.92. The van der Waals surface area contributed by atoms with Gasteiger partial charge in [0.25, 0.3) is 0 Å². The predicted octanol–water partition coefficient (Wildman–Crippen LogP) is 5.51. The number of ether oxygens (including phenoxy) is 2. The zero-order valence-electron chi connectivity index (χ0n) is 25.4. The molecule has 9 rings (SSSR count). The van der Waals surface area contributed by atoms with Crippen molar-refractivity contribution in [1.82, 2.24) is 20.2 Å². The number of halogens is 2. The number of fused-ring (bicyclic) bond motifs is 7. The fourth-order valence-electron chi connectivity index (χ4n) is 8.95. The van der Waals surface area contributed by atoms with Crippen molar-refractivity contribution in [3.05, 3.63) is 47.8 Å². The number of phenols is 1. The molecule has 3 unspecified atom stereocenters. The Hall–Kier alpha value is -3.76. The van der Waals surface area contributed by atoms with Gasteiger partial charge in [0, 0.05) is 37.2 Å². The SMILES string of the molecule is CCc1cccc2cc(O)cc(-c3cc4c5c(nc(OC[C@@]67CCCN6C[C@H](F)C7)nc5c3F)N3CC5CCC(N5)C3CO4)c12. The number of anilines is 1. The van der Waals surface area contributed by atoms with E-state index in [2.05, 4.69) is 22.0 Å². The summed E-state index contributed by atoms with van der Waals surface area (Å²) in [7, 11) is 0. The normalized spacial score (nSPS) is 28.7. The van der Waals surface area contributed by atoms with Crippen LogP contribution in [0.4, 0.5) is 14.6 Å². The van der Waals surface area contributed by atoms with Crippen LogP contribution in [0, 0.1) is 5.82 Å². The van der Waals surface area contributed by atoms with Crippen LogP contribution < -0.4 is 19.7 Å². The van der Waals surface area contributed by atoms with Crippen molar-refractivity contribution >= 4 is 27.5 Å². The Labute approximate surface area is 260 Å². The molecule has 10 heteroatoms. The molecule has 1 aromatic heterocycles. The van der Waals surface area contributed by atoms with Crippen LogP contribution in [0.3, 0.4) is 0 Å². The van der Waals surface area contributed by atoms with Crippen LogP contribution in [0.1, 0.15) is 44.6 Å². The number of aromatic nitrogens is 2. The van der Waals surface area contributed by atoms with Gasteiger partial charge in [-0.05, 0) is 78.7 Å². The average Bonchev–Trinajstić information content (AvgIpc) is 3.67. The lowest BCUT2D eigenvalue weighted by molar-refractivity contribution is 0.107. The third kappa shape index (κ3) is 4.21. The number of aryl methyl sites for hydroxylation is 1. The molecule has 0 saturated carbocycles. The first-order chi connectivity index (χ1) is 21.9. The first-order valence-electron chi connectivity index (χ1n) is 16.4. The Morgan fingerprint density at radius 1 is 1.13 bits per heavy atom. The van der Waals surface area contributed by atoms with Gasteiger partial charge in [-0.2, -0.15) is 9.97 Å². The Bertz CT molecular complexity index is 1850. The number of piperazine rings is 1. The topological polar surface area (TPSA) is 83.0 Å². The highest BCUT2D eigenvalue weighted by atomic mass is 19.1. The Morgan fingerprint density at radius 2 is 2.04 bits per heavy atom. The summed E-state index contributed by atoms with van der Waals surface area (Å²) in [5.41, 5.74) is 1.71. The molecule has 45 heavy (non-hydrogen) atoms. The first-order valence-corrected chi connectivity index (χ1v) is 16.4. The van der Waals surface area contributed by atoms with E-state index in [-0.39, 0.29) is 41.5 Å². The van der Waals surface area contributed by atoms with Gasteiger partial charge in [-0.15, -0.1) is 0 Å². The summed E-state index contributed by atoms with van der Waals surface area (Å²) in [5.74, 6) is 0.703. The number of benzene rings is 3. The van der Waals surface area contributed by atoms with Crippen molar-refractivity contribution in [2.45, 2.75) is 75.3 Å². The van der Waals surface area contributed by atoms with Crippen LogP contribution >= 0.6 is 0 Å². The summed E-state index contributed by atoms with van der Waals surface area (Å²) in [6.45, 7) is 4.77. The van der Waals surface area contributed by atoms with E-state index in [1.165, 1.54) is 0 Å². The number of hydrogen-bond donors (Lipinski definition) is 2. The second kappa shape index (κ2) is 10.1. The zero-order valence-corrected chi connectivity index (χ0v) is 25.4. The molecular formula is C35H37F2N5O3. The maximum atomic E-state index is 17.1. The zero-order chi connectivity index (χ0) is 30.4. The fraction of sp³-hybridized carbons (Fsp3) is 0.486. The summed E-state index contributed by atoms with van der Waals surface area (Å²) in [6, 6.07) is 11.7. The van der Waals surface area contributed by atoms with Gasteiger partial charge in [0.2, 0.25) is 0 Å². The van der Waals surface area contributed by atoms with Crippen molar-refractivity contribution in [3.63, 3.8) is 0 Å². The molecular weight excluding hydrogens is 576 g/mol. The number of alkyl halides is 1. The Kier molecular flexibility index (Phi) is 6.20. The summed E-state index contributed by atoms with van der Waals surface area (Å²) in [5, 5.41) is 16.7. The van der Waals surface area contributed by atoms with Crippen molar-refractivity contribution < 1.29 is 23.4 Å². The molecule has 3 aromatic carbocycles. The summed E-state index contributed by atoms with van der Waals surface area (Å²) < 4.78 is 44.5. The number of rotatable bonds is 5. The number of nitrogens with one attached hydrogen (secondary N) is 1. The van der Waals surface area contributed by atoms with Crippen LogP contribution in [0.15, 0.2) is 36.4 Å². The molecule has 5 aliphatic heterocycles. The van der Waals surface area contributed by atoms with Crippen molar-refractivity contribution in [2.75, 3.05) is 37.7 Å². The second-order valence-corrected chi connectivity index (χ2v) is 13.6. The van der Waals surface area contributed by atoms with Gasteiger partial charge < -0.3 is 24.8 Å². The molecule has 6 heterocycles. The lowest BCUT2D eigenvalue weighted by Gasteiger charge is -2.40. The smallest absolute Gasteiger partial charge is 0.319 e. The lowest BCUT2D eigenvalue weighted by Crippen LogP contribution is -2.60. The van der Waals surface area contributed by atoms with Gasteiger partial charge in [-0.25, -0.2) is 8.78 Å². The molecule has 2 bridgehead atoms. The molecule has 0 amide bonds. The van der Waals surface area contributed by atoms with E-state index >= 15 is 4.39 Å². The molecule has 4 fully saturated rings. The molecule has 0 spiro atoms. The molecule has 0 radical (unpaired) electrons. The fourth-order valence-corrected chi connectivity index (χ4v) is 8.95. The molecule has 234 valence electrons. The maximum absolute atomic E-state index is 17.1. The quantitative estimate of drug-likeness (QED) is 0.305. The number of phenolic OH excluding ortho intramolecular Hbond substituents is 1. The molecule has 2 N–H and O–H groups in total. The van der Waals surface area contributed by atoms with Crippen molar-refractivity contribution in [2.24, 2.45) is 0 Å². The number of aromatic hydroxyl groups is 1. The van der Waals surface area contributed by atoms with E-state index < -0.39 is 12.0 Å². The Balaban J connectivity index is 1.24. The van der Waals surface area contributed by atoms with E-state index in [0.717, 1.165) is 61.5 Å². The first kappa shape index (κ1) is 27.5. The Morgan fingerprint density at radius 3 is 2.93 bits per heavy atom. The standard InChI is InChI=1S/C35H37F2N5O3/c1-2-19-5-3-6-20-11-23(43)12-24(29(19)20)25-13-28-30-32(31(25)37)39-34(45-18-35-9-4-10-41(35)15-21(36)14-35)40-33(30)42-16-22-7-8-26(38-22)27(42)17-44-28/h3,5-6,11-13,21-22,26-27,38,43H,2,4,7-10,14-18H2,1H3/t21-,22?,26?,27?,35+/m1/s1. The molecule has 4 saturated heterocycles. The van der Waals surface area contributed by atoms with E-state index in [1.807, 2.05) is 18.2 Å². The van der Waals surface area contributed by atoms with Crippen molar-refractivity contribution in [1.29, 1.82) is 0 Å². The minimum absolute atomic E-state index is 0.0213. The summed E-state index contributed by atoms with van der Waals surface area (Å²) >= 11 is 0. The van der Waals surface area contributed by atoms with Crippen LogP contribution in [0.25, 0.3) is 32.8 Å². The highest BCUT2D eigenvalue weighted by molar-refractivity contribution is 6.05. The number of nitrogens with zero attached hydrogens (tertiary/aromatic N) is 4. The van der Waals surface area contributed by atoms with Crippen molar-refractivity contribution in [3.8, 4) is 28.6 Å². The highest BCUT2D eigenvalue weighted by Gasteiger charge is 2.50. The highest BCUT2D eigenvalue weighted by Crippen LogP contribution is 2.47. The second-order valence-electron chi connectivity index (χ2n) is 13.6. The molecule has 5 atom stereocenters. The number of hydrogen-bond acceptors (Lipinski definition) is 8. The van der Waals surface area contributed by atoms with Gasteiger partial charge >= 0.3 is 6.01 Å². The van der Waals surface area contributed by atoms with Gasteiger partial charge in [-0.1, -0.05) is 25.1 Å². The van der Waals surface area contributed by atoms with E-state index in [1.54, 1.807) is 18.2 Å². The minimum atomic E-state index is -0.877. The van der Waals surface area contributed by atoms with Gasteiger partial charge in [-0.3, -0.25) is 4.90 Å². The summed E-state index contributed by atoms with van der Waals surface area (Å²) in [4.78, 5) is 14.1. The van der Waals surface area contributed by atoms with Gasteiger partial charge in [0.1, 0.15) is 42.2 Å². The minimum Gasteiger partial charge on any atom is -0.508 e.